The Balaban J connectivity index is 1.59. The Kier molecular flexibility index (Phi) is 9.40. The van der Waals surface area contributed by atoms with Crippen LogP contribution in [0.15, 0.2) is 77.9 Å². The van der Waals surface area contributed by atoms with Crippen molar-refractivity contribution in [3.8, 4) is 17.2 Å². The quantitative estimate of drug-likeness (QED) is 0.228. The highest BCUT2D eigenvalue weighted by molar-refractivity contribution is 6.39. The SMILES string of the molecule is COc1ccccc1NC(=O)C(=O)N/N=C\c1cccc(OC)c1OCC(=O)NCc1ccccc1. The number of hydrogen-bond donors (Lipinski definition) is 3. The third-order valence-corrected chi connectivity index (χ3v) is 4.84. The first-order valence-electron chi connectivity index (χ1n) is 10.9. The van der Waals surface area contributed by atoms with Gasteiger partial charge in [0, 0.05) is 12.1 Å². The third kappa shape index (κ3) is 7.32. The van der Waals surface area contributed by atoms with Gasteiger partial charge in [0.1, 0.15) is 5.75 Å². The smallest absolute Gasteiger partial charge is 0.329 e. The summed E-state index contributed by atoms with van der Waals surface area (Å²) in [5, 5.41) is 9.07. The van der Waals surface area contributed by atoms with Gasteiger partial charge in [-0.1, -0.05) is 48.5 Å². The topological polar surface area (TPSA) is 127 Å². The van der Waals surface area contributed by atoms with Gasteiger partial charge in [-0.15, -0.1) is 0 Å². The number of methoxy groups -OCH3 is 2. The summed E-state index contributed by atoms with van der Waals surface area (Å²) >= 11 is 0. The van der Waals surface area contributed by atoms with E-state index in [1.807, 2.05) is 30.3 Å². The molecule has 10 nitrogen and oxygen atoms in total. The Morgan fingerprint density at radius 2 is 1.53 bits per heavy atom. The van der Waals surface area contributed by atoms with Crippen LogP contribution in [0.1, 0.15) is 11.1 Å². The second-order valence-electron chi connectivity index (χ2n) is 7.28. The molecule has 36 heavy (non-hydrogen) atoms. The van der Waals surface area contributed by atoms with Crippen LogP contribution < -0.4 is 30.3 Å². The maximum absolute atomic E-state index is 12.3. The Bertz CT molecular complexity index is 1230. The Morgan fingerprint density at radius 3 is 2.28 bits per heavy atom. The minimum absolute atomic E-state index is 0.256. The van der Waals surface area contributed by atoms with E-state index in [2.05, 4.69) is 21.2 Å². The van der Waals surface area contributed by atoms with Crippen LogP contribution in [-0.4, -0.2) is 44.8 Å². The number of benzene rings is 3. The fourth-order valence-electron chi connectivity index (χ4n) is 3.07. The van der Waals surface area contributed by atoms with E-state index < -0.39 is 11.8 Å². The molecule has 0 radical (unpaired) electrons. The molecular weight excluding hydrogens is 464 g/mol. The van der Waals surface area contributed by atoms with E-state index in [1.165, 1.54) is 20.4 Å². The lowest BCUT2D eigenvalue weighted by Gasteiger charge is -2.13. The van der Waals surface area contributed by atoms with Crippen LogP contribution >= 0.6 is 0 Å². The van der Waals surface area contributed by atoms with E-state index in [9.17, 15) is 14.4 Å². The van der Waals surface area contributed by atoms with Crippen LogP contribution in [0, 0.1) is 0 Å². The van der Waals surface area contributed by atoms with Crippen LogP contribution in [-0.2, 0) is 20.9 Å². The lowest BCUT2D eigenvalue weighted by molar-refractivity contribution is -0.136. The molecule has 10 heteroatoms. The molecule has 186 valence electrons. The Morgan fingerprint density at radius 1 is 0.833 bits per heavy atom. The van der Waals surface area contributed by atoms with Crippen molar-refractivity contribution in [2.24, 2.45) is 5.10 Å². The van der Waals surface area contributed by atoms with E-state index >= 15 is 0 Å². The standard InChI is InChI=1S/C26H26N4O6/c1-34-21-13-7-6-12-20(21)29-25(32)26(33)30-28-16-19-11-8-14-22(35-2)24(19)36-17-23(31)27-15-18-9-4-3-5-10-18/h3-14,16H,15,17H2,1-2H3,(H,27,31)(H,29,32)(H,30,33)/b28-16-. The molecule has 3 N–H and O–H groups in total. The van der Waals surface area contributed by atoms with Gasteiger partial charge in [-0.25, -0.2) is 5.43 Å². The van der Waals surface area contributed by atoms with E-state index in [0.717, 1.165) is 5.56 Å². The highest BCUT2D eigenvalue weighted by atomic mass is 16.5. The van der Waals surface area contributed by atoms with E-state index in [-0.39, 0.29) is 18.3 Å². The van der Waals surface area contributed by atoms with Crippen LogP contribution in [0.3, 0.4) is 0 Å². The first-order chi connectivity index (χ1) is 17.5. The maximum Gasteiger partial charge on any atom is 0.329 e. The molecule has 0 fully saturated rings. The first-order valence-corrected chi connectivity index (χ1v) is 10.9. The maximum atomic E-state index is 12.3. The fraction of sp³-hybridized carbons (Fsp3) is 0.154. The number of rotatable bonds is 10. The summed E-state index contributed by atoms with van der Waals surface area (Å²) in [6.07, 6.45) is 1.29. The second kappa shape index (κ2) is 13.1. The van der Waals surface area contributed by atoms with Crippen molar-refractivity contribution in [2.45, 2.75) is 6.54 Å². The number of anilines is 1. The second-order valence-corrected chi connectivity index (χ2v) is 7.28. The summed E-state index contributed by atoms with van der Waals surface area (Å²) in [6.45, 7) is 0.105. The number of carbonyl (C=O) groups excluding carboxylic acids is 3. The zero-order chi connectivity index (χ0) is 25.8. The van der Waals surface area contributed by atoms with Crippen molar-refractivity contribution < 1.29 is 28.6 Å². The summed E-state index contributed by atoms with van der Waals surface area (Å²) in [4.78, 5) is 36.6. The van der Waals surface area contributed by atoms with Crippen molar-refractivity contribution in [3.63, 3.8) is 0 Å². The molecule has 0 saturated carbocycles. The van der Waals surface area contributed by atoms with Crippen LogP contribution in [0.4, 0.5) is 5.69 Å². The van der Waals surface area contributed by atoms with Crippen molar-refractivity contribution >= 4 is 29.6 Å². The summed E-state index contributed by atoms with van der Waals surface area (Å²) < 4.78 is 16.2. The zero-order valence-electron chi connectivity index (χ0n) is 19.8. The van der Waals surface area contributed by atoms with Crippen LogP contribution in [0.25, 0.3) is 0 Å². The number of para-hydroxylation sites is 3. The van der Waals surface area contributed by atoms with Gasteiger partial charge >= 0.3 is 11.8 Å². The molecule has 0 aromatic heterocycles. The molecule has 0 atom stereocenters. The van der Waals surface area contributed by atoms with Crippen molar-refractivity contribution in [1.29, 1.82) is 0 Å². The molecule has 0 aliphatic carbocycles. The van der Waals surface area contributed by atoms with Gasteiger partial charge in [0.15, 0.2) is 18.1 Å². The number of nitrogens with zero attached hydrogens (tertiary/aromatic N) is 1. The van der Waals surface area contributed by atoms with E-state index in [0.29, 0.717) is 29.3 Å². The molecule has 0 heterocycles. The molecule has 3 rings (SSSR count). The van der Waals surface area contributed by atoms with Gasteiger partial charge in [0.25, 0.3) is 5.91 Å². The number of hydrogen-bond acceptors (Lipinski definition) is 7. The molecule has 0 unspecified atom stereocenters. The number of carbonyl (C=O) groups is 3. The summed E-state index contributed by atoms with van der Waals surface area (Å²) in [5.74, 6) is -1.19. The van der Waals surface area contributed by atoms with Gasteiger partial charge < -0.3 is 24.8 Å². The highest BCUT2D eigenvalue weighted by Gasteiger charge is 2.16. The van der Waals surface area contributed by atoms with E-state index in [4.69, 9.17) is 14.2 Å². The van der Waals surface area contributed by atoms with Gasteiger partial charge in [0.05, 0.1) is 26.1 Å². The lowest BCUT2D eigenvalue weighted by atomic mass is 10.2. The van der Waals surface area contributed by atoms with E-state index in [1.54, 1.807) is 42.5 Å². The monoisotopic (exact) mass is 490 g/mol. The predicted octanol–water partition coefficient (Wildman–Crippen LogP) is 2.49. The number of ether oxygens (including phenoxy) is 3. The molecule has 0 aliphatic heterocycles. The molecule has 3 amide bonds. The Hall–Kier alpha value is -4.86. The molecule has 0 saturated heterocycles. The molecule has 0 spiro atoms. The summed E-state index contributed by atoms with van der Waals surface area (Å²) in [6, 6.07) is 21.2. The molecule has 3 aromatic rings. The minimum atomic E-state index is -0.984. The van der Waals surface area contributed by atoms with Crippen LogP contribution in [0.2, 0.25) is 0 Å². The normalized spacial score (nSPS) is 10.4. The number of amides is 3. The predicted molar refractivity (Wildman–Crippen MR) is 134 cm³/mol. The van der Waals surface area contributed by atoms with Gasteiger partial charge in [-0.2, -0.15) is 5.10 Å². The number of nitrogens with one attached hydrogen (secondary N) is 3. The fourth-order valence-corrected chi connectivity index (χ4v) is 3.07. The zero-order valence-corrected chi connectivity index (χ0v) is 19.8. The third-order valence-electron chi connectivity index (χ3n) is 4.84. The summed E-state index contributed by atoms with van der Waals surface area (Å²) in [7, 11) is 2.92. The molecule has 3 aromatic carbocycles. The largest absolute Gasteiger partial charge is 0.495 e. The average Bonchev–Trinajstić information content (AvgIpc) is 2.91. The molecule has 0 aliphatic rings. The molecular formula is C26H26N4O6. The number of hydrazone groups is 1. The summed E-state index contributed by atoms with van der Waals surface area (Å²) in [5.41, 5.74) is 3.89. The first kappa shape index (κ1) is 25.8. The lowest BCUT2D eigenvalue weighted by Crippen LogP contribution is -2.32. The van der Waals surface area contributed by atoms with Crippen molar-refractivity contribution in [1.82, 2.24) is 10.7 Å². The van der Waals surface area contributed by atoms with Gasteiger partial charge in [0.2, 0.25) is 0 Å². The van der Waals surface area contributed by atoms with Gasteiger partial charge in [-0.3, -0.25) is 14.4 Å². The average molecular weight is 491 g/mol. The Labute approximate surface area is 208 Å². The van der Waals surface area contributed by atoms with Crippen molar-refractivity contribution in [2.75, 3.05) is 26.1 Å². The van der Waals surface area contributed by atoms with Crippen molar-refractivity contribution in [3.05, 3.63) is 83.9 Å². The molecule has 0 bridgehead atoms. The highest BCUT2D eigenvalue weighted by Crippen LogP contribution is 2.30. The van der Waals surface area contributed by atoms with Crippen LogP contribution in [0.5, 0.6) is 17.2 Å². The van der Waals surface area contributed by atoms with Gasteiger partial charge in [-0.05, 0) is 29.8 Å². The minimum Gasteiger partial charge on any atom is -0.495 e.